The van der Waals surface area contributed by atoms with E-state index in [4.69, 9.17) is 17.6 Å². The monoisotopic (exact) mass is 251 g/mol. The lowest BCUT2D eigenvalue weighted by Gasteiger charge is -2.04. The number of esters is 1. The van der Waals surface area contributed by atoms with Gasteiger partial charge in [0.25, 0.3) is 0 Å². The summed E-state index contributed by atoms with van der Waals surface area (Å²) in [5.41, 5.74) is 0. The third kappa shape index (κ3) is 10.4. The minimum atomic E-state index is -0.527. The van der Waals surface area contributed by atoms with E-state index in [2.05, 4.69) is 21.9 Å². The van der Waals surface area contributed by atoms with Crippen LogP contribution in [-0.2, 0) is 14.3 Å². The van der Waals surface area contributed by atoms with Crippen molar-refractivity contribution in [3.63, 3.8) is 0 Å². The first-order valence-electron chi connectivity index (χ1n) is 5.64. The zero-order valence-electron chi connectivity index (χ0n) is 10.2. The zero-order chi connectivity index (χ0) is 13.6. The molecule has 98 valence electrons. The van der Waals surface area contributed by atoms with Gasteiger partial charge in [-0.25, -0.2) is 4.79 Å². The second kappa shape index (κ2) is 11.3. The lowest BCUT2D eigenvalue weighted by molar-refractivity contribution is -0.142. The van der Waals surface area contributed by atoms with Crippen LogP contribution in [0.5, 0.6) is 0 Å². The summed E-state index contributed by atoms with van der Waals surface area (Å²) in [6.07, 6.45) is 11.9. The molecule has 0 saturated heterocycles. The van der Waals surface area contributed by atoms with E-state index in [-0.39, 0.29) is 19.2 Å². The molecule has 0 rings (SSSR count). The quantitative estimate of drug-likeness (QED) is 0.398. The fraction of sp³-hybridized carbons (Fsp3) is 0.538. The minimum absolute atomic E-state index is 0.0153. The number of hydrogen-bond acceptors (Lipinski definition) is 4. The van der Waals surface area contributed by atoms with Crippen LogP contribution in [0.2, 0.25) is 0 Å². The second-order valence-corrected chi connectivity index (χ2v) is 3.38. The van der Waals surface area contributed by atoms with Crippen molar-refractivity contribution in [2.45, 2.75) is 25.7 Å². The largest absolute Gasteiger partial charge is 0.452 e. The van der Waals surface area contributed by atoms with Gasteiger partial charge in [-0.15, -0.1) is 12.8 Å². The van der Waals surface area contributed by atoms with Gasteiger partial charge in [-0.3, -0.25) is 4.79 Å². The van der Waals surface area contributed by atoms with Crippen LogP contribution in [0.3, 0.4) is 0 Å². The van der Waals surface area contributed by atoms with Crippen molar-refractivity contribution in [3.05, 3.63) is 0 Å². The number of terminal acetylenes is 2. The highest BCUT2D eigenvalue weighted by atomic mass is 16.5. The third-order valence-electron chi connectivity index (χ3n) is 1.93. The molecule has 0 spiro atoms. The van der Waals surface area contributed by atoms with E-state index in [1.54, 1.807) is 0 Å². The van der Waals surface area contributed by atoms with Crippen LogP contribution in [0.25, 0.3) is 0 Å². The van der Waals surface area contributed by atoms with Crippen molar-refractivity contribution < 1.29 is 19.1 Å². The van der Waals surface area contributed by atoms with Crippen molar-refractivity contribution in [3.8, 4) is 24.7 Å². The molecule has 5 heteroatoms. The highest BCUT2D eigenvalue weighted by Crippen LogP contribution is 2.00. The molecule has 5 nitrogen and oxygen atoms in total. The summed E-state index contributed by atoms with van der Waals surface area (Å²) >= 11 is 0. The lowest BCUT2D eigenvalue weighted by Crippen LogP contribution is -2.25. The number of carbonyl (C=O) groups is 2. The molecule has 0 saturated carbocycles. The van der Waals surface area contributed by atoms with Crippen molar-refractivity contribution in [2.75, 3.05) is 19.8 Å². The number of rotatable bonds is 8. The second-order valence-electron chi connectivity index (χ2n) is 3.38. The first-order valence-corrected chi connectivity index (χ1v) is 5.64. The first-order chi connectivity index (χ1) is 8.70. The van der Waals surface area contributed by atoms with Gasteiger partial charge < -0.3 is 14.8 Å². The SMILES string of the molecule is C#CCOC(=O)CCCCCNC(=O)OCC#C. The molecule has 0 aliphatic rings. The smallest absolute Gasteiger partial charge is 0.408 e. The molecule has 1 amide bonds. The average Bonchev–Trinajstić information content (AvgIpc) is 2.37. The Morgan fingerprint density at radius 2 is 1.67 bits per heavy atom. The van der Waals surface area contributed by atoms with Crippen LogP contribution in [-0.4, -0.2) is 31.8 Å². The van der Waals surface area contributed by atoms with Gasteiger partial charge in [-0.2, -0.15) is 0 Å². The Kier molecular flexibility index (Phi) is 10.00. The molecular formula is C13H17NO4. The molecule has 0 bridgehead atoms. The Morgan fingerprint density at radius 1 is 1.00 bits per heavy atom. The maximum Gasteiger partial charge on any atom is 0.408 e. The summed E-state index contributed by atoms with van der Waals surface area (Å²) in [5.74, 6) is 4.11. The highest BCUT2D eigenvalue weighted by molar-refractivity contribution is 5.69. The standard InChI is InChI=1S/C13H17NO4/c1-3-10-17-12(15)8-6-5-7-9-14-13(16)18-11-4-2/h1-2H,5-11H2,(H,14,16). The average molecular weight is 251 g/mol. The van der Waals surface area contributed by atoms with E-state index in [0.29, 0.717) is 19.4 Å². The Bertz CT molecular complexity index is 304. The zero-order valence-corrected chi connectivity index (χ0v) is 10.2. The molecule has 18 heavy (non-hydrogen) atoms. The summed E-state index contributed by atoms with van der Waals surface area (Å²) in [4.78, 5) is 22.0. The topological polar surface area (TPSA) is 64.6 Å². The summed E-state index contributed by atoms with van der Waals surface area (Å²) < 4.78 is 9.30. The highest BCUT2D eigenvalue weighted by Gasteiger charge is 2.02. The summed E-state index contributed by atoms with van der Waals surface area (Å²) in [6.45, 7) is 0.469. The predicted molar refractivity (Wildman–Crippen MR) is 66.4 cm³/mol. The maximum absolute atomic E-state index is 11.0. The molecule has 0 atom stereocenters. The van der Waals surface area contributed by atoms with Crippen LogP contribution in [0, 0.1) is 24.7 Å². The fourth-order valence-corrected chi connectivity index (χ4v) is 1.11. The summed E-state index contributed by atoms with van der Waals surface area (Å²) in [6, 6.07) is 0. The number of nitrogens with one attached hydrogen (secondary N) is 1. The van der Waals surface area contributed by atoms with Gasteiger partial charge in [0, 0.05) is 13.0 Å². The van der Waals surface area contributed by atoms with E-state index in [1.807, 2.05) is 0 Å². The Morgan fingerprint density at radius 3 is 2.33 bits per heavy atom. The van der Waals surface area contributed by atoms with Gasteiger partial charge in [0.1, 0.15) is 0 Å². The Hall–Kier alpha value is -2.14. The van der Waals surface area contributed by atoms with Gasteiger partial charge in [0.15, 0.2) is 13.2 Å². The van der Waals surface area contributed by atoms with Gasteiger partial charge in [0.05, 0.1) is 0 Å². The van der Waals surface area contributed by atoms with Crippen LogP contribution in [0.4, 0.5) is 4.79 Å². The molecule has 0 aromatic rings. The van der Waals surface area contributed by atoms with Crippen molar-refractivity contribution in [1.29, 1.82) is 0 Å². The van der Waals surface area contributed by atoms with E-state index in [1.165, 1.54) is 0 Å². The van der Waals surface area contributed by atoms with Crippen LogP contribution in [0.1, 0.15) is 25.7 Å². The normalized spacial score (nSPS) is 8.78. The van der Waals surface area contributed by atoms with Crippen molar-refractivity contribution in [2.24, 2.45) is 0 Å². The van der Waals surface area contributed by atoms with Gasteiger partial charge in [0.2, 0.25) is 0 Å². The molecule has 0 aromatic carbocycles. The molecule has 0 aromatic heterocycles. The maximum atomic E-state index is 11.0. The van der Waals surface area contributed by atoms with Crippen LogP contribution < -0.4 is 5.32 Å². The number of ether oxygens (including phenoxy) is 2. The Labute approximate surface area is 107 Å². The van der Waals surface area contributed by atoms with Crippen LogP contribution in [0.15, 0.2) is 0 Å². The number of unbranched alkanes of at least 4 members (excludes halogenated alkanes) is 2. The summed E-state index contributed by atoms with van der Waals surface area (Å²) in [5, 5.41) is 2.54. The predicted octanol–water partition coefficient (Wildman–Crippen LogP) is 1.08. The molecular weight excluding hydrogens is 234 g/mol. The van der Waals surface area contributed by atoms with Gasteiger partial charge >= 0.3 is 12.1 Å². The van der Waals surface area contributed by atoms with Crippen molar-refractivity contribution >= 4 is 12.1 Å². The van der Waals surface area contributed by atoms with E-state index in [9.17, 15) is 9.59 Å². The Balaban J connectivity index is 3.31. The summed E-state index contributed by atoms with van der Waals surface area (Å²) in [7, 11) is 0. The molecule has 0 fully saturated rings. The fourth-order valence-electron chi connectivity index (χ4n) is 1.11. The minimum Gasteiger partial charge on any atom is -0.452 e. The lowest BCUT2D eigenvalue weighted by atomic mass is 10.2. The van der Waals surface area contributed by atoms with Gasteiger partial charge in [-0.1, -0.05) is 18.3 Å². The van der Waals surface area contributed by atoms with Crippen LogP contribution >= 0.6 is 0 Å². The molecule has 0 radical (unpaired) electrons. The third-order valence-corrected chi connectivity index (χ3v) is 1.93. The number of alkyl carbamates (subject to hydrolysis) is 1. The van der Waals surface area contributed by atoms with Gasteiger partial charge in [-0.05, 0) is 12.8 Å². The van der Waals surface area contributed by atoms with Crippen molar-refractivity contribution in [1.82, 2.24) is 5.32 Å². The first kappa shape index (κ1) is 15.9. The molecule has 0 heterocycles. The molecule has 0 unspecified atom stereocenters. The van der Waals surface area contributed by atoms with E-state index in [0.717, 1.165) is 12.8 Å². The van der Waals surface area contributed by atoms with E-state index < -0.39 is 6.09 Å². The number of hydrogen-bond donors (Lipinski definition) is 1. The number of amides is 1. The molecule has 0 aliphatic heterocycles. The van der Waals surface area contributed by atoms with E-state index >= 15 is 0 Å². The number of carbonyl (C=O) groups excluding carboxylic acids is 2. The molecule has 1 N–H and O–H groups in total. The molecule has 0 aliphatic carbocycles.